The zero-order valence-electron chi connectivity index (χ0n) is 10.5. The normalized spacial score (nSPS) is 10.0. The Morgan fingerprint density at radius 1 is 1.32 bits per heavy atom. The Morgan fingerprint density at radius 2 is 2.16 bits per heavy atom. The number of halogens is 1. The molecule has 2 rings (SSSR count). The molecule has 2 N–H and O–H groups in total. The largest absolute Gasteiger partial charge is 0.357 e. The summed E-state index contributed by atoms with van der Waals surface area (Å²) in [5.74, 6) is 0. The minimum Gasteiger partial charge on any atom is -0.357 e. The van der Waals surface area contributed by atoms with Crippen molar-refractivity contribution < 1.29 is 0 Å². The summed E-state index contributed by atoms with van der Waals surface area (Å²) in [7, 11) is 0. The summed E-state index contributed by atoms with van der Waals surface area (Å²) in [4.78, 5) is 4.22. The van der Waals surface area contributed by atoms with E-state index < -0.39 is 0 Å². The molecule has 3 nitrogen and oxygen atoms in total. The van der Waals surface area contributed by atoms with Gasteiger partial charge in [-0.15, -0.1) is 0 Å². The highest BCUT2D eigenvalue weighted by Gasteiger charge is 2.02. The molecule has 1 heterocycles. The molecule has 1 aromatic carbocycles. The Balaban J connectivity index is 1.93. The number of hydrogen-bond donors (Lipinski definition) is 2. The number of rotatable bonds is 3. The highest BCUT2D eigenvalue weighted by molar-refractivity contribution is 7.80. The maximum absolute atomic E-state index is 5.96. The van der Waals surface area contributed by atoms with Crippen molar-refractivity contribution >= 4 is 34.6 Å². The lowest BCUT2D eigenvalue weighted by Crippen LogP contribution is -2.28. The zero-order chi connectivity index (χ0) is 13.7. The average molecular weight is 292 g/mol. The minimum atomic E-state index is 0.552. The van der Waals surface area contributed by atoms with Crippen LogP contribution in [0, 0.1) is 6.92 Å². The second-order valence-electron chi connectivity index (χ2n) is 4.09. The smallest absolute Gasteiger partial charge is 0.171 e. The van der Waals surface area contributed by atoms with E-state index in [1.165, 1.54) is 0 Å². The first-order valence-corrected chi connectivity index (χ1v) is 6.64. The van der Waals surface area contributed by atoms with Crippen molar-refractivity contribution in [1.29, 1.82) is 0 Å². The van der Waals surface area contributed by atoms with Crippen LogP contribution in [0.2, 0.25) is 5.02 Å². The third-order valence-corrected chi connectivity index (χ3v) is 3.09. The minimum absolute atomic E-state index is 0.552. The van der Waals surface area contributed by atoms with Crippen molar-refractivity contribution in [3.05, 3.63) is 58.9 Å². The van der Waals surface area contributed by atoms with Gasteiger partial charge in [-0.1, -0.05) is 23.7 Å². The van der Waals surface area contributed by atoms with Crippen molar-refractivity contribution in [2.75, 3.05) is 5.32 Å². The van der Waals surface area contributed by atoms with E-state index in [0.29, 0.717) is 16.7 Å². The van der Waals surface area contributed by atoms with E-state index in [4.69, 9.17) is 23.8 Å². The van der Waals surface area contributed by atoms with Crippen molar-refractivity contribution in [1.82, 2.24) is 10.3 Å². The lowest BCUT2D eigenvalue weighted by atomic mass is 10.2. The number of thiocarbonyl (C=S) groups is 1. The van der Waals surface area contributed by atoms with E-state index in [2.05, 4.69) is 15.6 Å². The van der Waals surface area contributed by atoms with E-state index in [-0.39, 0.29) is 0 Å². The Kier molecular flexibility index (Phi) is 4.71. The molecule has 0 atom stereocenters. The van der Waals surface area contributed by atoms with E-state index >= 15 is 0 Å². The molecule has 0 spiro atoms. The van der Waals surface area contributed by atoms with Crippen LogP contribution in [0.1, 0.15) is 11.3 Å². The van der Waals surface area contributed by atoms with Crippen molar-refractivity contribution in [3.8, 4) is 0 Å². The van der Waals surface area contributed by atoms with Gasteiger partial charge in [-0.25, -0.2) is 0 Å². The van der Waals surface area contributed by atoms with Gasteiger partial charge in [0.1, 0.15) is 0 Å². The van der Waals surface area contributed by atoms with Crippen LogP contribution < -0.4 is 10.6 Å². The summed E-state index contributed by atoms with van der Waals surface area (Å²) < 4.78 is 0. The van der Waals surface area contributed by atoms with Crippen LogP contribution in [0.3, 0.4) is 0 Å². The molecular weight excluding hydrogens is 278 g/mol. The molecule has 0 aliphatic carbocycles. The van der Waals surface area contributed by atoms with Crippen LogP contribution in [0.15, 0.2) is 42.6 Å². The fraction of sp³-hybridized carbons (Fsp3) is 0.143. The van der Waals surface area contributed by atoms with E-state index in [0.717, 1.165) is 16.9 Å². The Morgan fingerprint density at radius 3 is 2.89 bits per heavy atom. The fourth-order valence-corrected chi connectivity index (χ4v) is 1.92. The van der Waals surface area contributed by atoms with Crippen LogP contribution in [-0.2, 0) is 6.54 Å². The molecule has 2 aromatic rings. The van der Waals surface area contributed by atoms with Gasteiger partial charge in [0.05, 0.1) is 12.2 Å². The summed E-state index contributed by atoms with van der Waals surface area (Å²) in [5.41, 5.74) is 2.94. The van der Waals surface area contributed by atoms with Crippen LogP contribution in [0.5, 0.6) is 0 Å². The molecule has 0 unspecified atom stereocenters. The van der Waals surface area contributed by atoms with Gasteiger partial charge in [-0.05, 0) is 49.0 Å². The van der Waals surface area contributed by atoms with Crippen molar-refractivity contribution in [2.24, 2.45) is 0 Å². The van der Waals surface area contributed by atoms with E-state index in [1.54, 1.807) is 6.20 Å². The highest BCUT2D eigenvalue weighted by atomic mass is 35.5. The summed E-state index contributed by atoms with van der Waals surface area (Å²) >= 11 is 11.2. The average Bonchev–Trinajstić information content (AvgIpc) is 2.42. The molecule has 1 aromatic heterocycles. The summed E-state index contributed by atoms with van der Waals surface area (Å²) in [5, 5.41) is 7.47. The number of hydrogen-bond acceptors (Lipinski definition) is 2. The predicted octanol–water partition coefficient (Wildman–Crippen LogP) is 3.53. The standard InChI is InChI=1S/C14H14ClN3S/c1-10-5-6-11(15)8-13(10)18-14(19)17-9-12-4-2-3-7-16-12/h2-8H,9H2,1H3,(H2,17,18,19). The van der Waals surface area contributed by atoms with Gasteiger partial charge in [-0.2, -0.15) is 0 Å². The molecule has 5 heteroatoms. The lowest BCUT2D eigenvalue weighted by Gasteiger charge is -2.12. The first-order valence-electron chi connectivity index (χ1n) is 5.86. The Labute approximate surface area is 123 Å². The number of nitrogens with zero attached hydrogens (tertiary/aromatic N) is 1. The maximum atomic E-state index is 5.96. The summed E-state index contributed by atoms with van der Waals surface area (Å²) in [6.45, 7) is 2.59. The zero-order valence-corrected chi connectivity index (χ0v) is 12.1. The molecule has 98 valence electrons. The van der Waals surface area contributed by atoms with Gasteiger partial charge >= 0.3 is 0 Å². The first-order chi connectivity index (χ1) is 9.15. The van der Waals surface area contributed by atoms with Crippen LogP contribution in [0.25, 0.3) is 0 Å². The molecule has 0 radical (unpaired) electrons. The third kappa shape index (κ3) is 4.19. The monoisotopic (exact) mass is 291 g/mol. The van der Waals surface area contributed by atoms with Crippen LogP contribution in [0.4, 0.5) is 5.69 Å². The van der Waals surface area contributed by atoms with Crippen molar-refractivity contribution in [3.63, 3.8) is 0 Å². The van der Waals surface area contributed by atoms with Gasteiger partial charge in [0.15, 0.2) is 5.11 Å². The number of aromatic nitrogens is 1. The molecule has 0 fully saturated rings. The second-order valence-corrected chi connectivity index (χ2v) is 4.93. The Bertz CT molecular complexity index is 572. The summed E-state index contributed by atoms with van der Waals surface area (Å²) in [6.07, 6.45) is 1.76. The topological polar surface area (TPSA) is 37.0 Å². The number of pyridine rings is 1. The summed E-state index contributed by atoms with van der Waals surface area (Å²) in [6, 6.07) is 11.4. The molecule has 0 aliphatic heterocycles. The van der Waals surface area contributed by atoms with Crippen LogP contribution >= 0.6 is 23.8 Å². The van der Waals surface area contributed by atoms with Gasteiger partial charge in [-0.3, -0.25) is 4.98 Å². The molecule has 0 amide bonds. The van der Waals surface area contributed by atoms with Gasteiger partial charge in [0.2, 0.25) is 0 Å². The van der Waals surface area contributed by atoms with E-state index in [1.807, 2.05) is 43.3 Å². The molecule has 0 saturated carbocycles. The lowest BCUT2D eigenvalue weighted by molar-refractivity contribution is 0.882. The third-order valence-electron chi connectivity index (χ3n) is 2.60. The van der Waals surface area contributed by atoms with E-state index in [9.17, 15) is 0 Å². The Hall–Kier alpha value is -1.65. The number of aryl methyl sites for hydroxylation is 1. The molecule has 0 saturated heterocycles. The highest BCUT2D eigenvalue weighted by Crippen LogP contribution is 2.19. The van der Waals surface area contributed by atoms with Gasteiger partial charge < -0.3 is 10.6 Å². The molecule has 0 bridgehead atoms. The molecule has 0 aliphatic rings. The number of nitrogens with one attached hydrogen (secondary N) is 2. The fourth-order valence-electron chi connectivity index (χ4n) is 1.57. The van der Waals surface area contributed by atoms with Gasteiger partial charge in [0.25, 0.3) is 0 Å². The quantitative estimate of drug-likeness (QED) is 0.848. The van der Waals surface area contributed by atoms with Gasteiger partial charge in [0, 0.05) is 16.9 Å². The SMILES string of the molecule is Cc1ccc(Cl)cc1NC(=S)NCc1ccccn1. The predicted molar refractivity (Wildman–Crippen MR) is 83.5 cm³/mol. The maximum Gasteiger partial charge on any atom is 0.171 e. The van der Waals surface area contributed by atoms with Crippen molar-refractivity contribution in [2.45, 2.75) is 13.5 Å². The number of benzene rings is 1. The second kappa shape index (κ2) is 6.50. The molecular formula is C14H14ClN3S. The first kappa shape index (κ1) is 13.8. The number of anilines is 1. The molecule has 19 heavy (non-hydrogen) atoms. The van der Waals surface area contributed by atoms with Crippen LogP contribution in [-0.4, -0.2) is 10.1 Å².